The highest BCUT2D eigenvalue weighted by molar-refractivity contribution is 7.21. The van der Waals surface area contributed by atoms with Crippen LogP contribution in [0.4, 0.5) is 11.5 Å². The summed E-state index contributed by atoms with van der Waals surface area (Å²) < 4.78 is 0. The summed E-state index contributed by atoms with van der Waals surface area (Å²) in [4.78, 5) is 23.6. The predicted molar refractivity (Wildman–Crippen MR) is 125 cm³/mol. The number of nitrogens with two attached hydrogens (primary N) is 1. The second kappa shape index (κ2) is 9.47. The number of aliphatic hydroxyl groups is 1. The first-order valence-corrected chi connectivity index (χ1v) is 12.2. The molecule has 3 aromatic rings. The molecule has 1 aliphatic rings. The number of fused-ring (bicyclic) bond motifs is 1. The fourth-order valence-electron chi connectivity index (χ4n) is 4.05. The number of piperidine rings is 1. The van der Waals surface area contributed by atoms with Crippen LogP contribution in [0.1, 0.15) is 52.5 Å². The van der Waals surface area contributed by atoms with Crippen LogP contribution in [-0.2, 0) is 6.42 Å². The van der Waals surface area contributed by atoms with Crippen molar-refractivity contribution in [3.8, 4) is 0 Å². The van der Waals surface area contributed by atoms with Crippen molar-refractivity contribution in [3.05, 3.63) is 33.1 Å². The molecule has 4 rings (SSSR count). The number of rotatable bonds is 8. The van der Waals surface area contributed by atoms with Gasteiger partial charge < -0.3 is 26.2 Å². The van der Waals surface area contributed by atoms with Crippen LogP contribution in [0.3, 0.4) is 0 Å². The highest BCUT2D eigenvalue weighted by Gasteiger charge is 2.24. The van der Waals surface area contributed by atoms with Gasteiger partial charge in [0.05, 0.1) is 5.69 Å². The van der Waals surface area contributed by atoms with E-state index in [2.05, 4.69) is 28.2 Å². The zero-order valence-electron chi connectivity index (χ0n) is 17.4. The van der Waals surface area contributed by atoms with Crippen molar-refractivity contribution in [2.45, 2.75) is 44.8 Å². The number of anilines is 2. The smallest absolute Gasteiger partial charge is 0.348 e. The topological polar surface area (TPSA) is 125 Å². The molecule has 5 N–H and O–H groups in total. The minimum Gasteiger partial charge on any atom is -0.477 e. The monoisotopic (exact) mass is 461 g/mol. The van der Waals surface area contributed by atoms with Gasteiger partial charge in [-0.1, -0.05) is 13.3 Å². The second-order valence-electron chi connectivity index (χ2n) is 7.78. The molecule has 1 fully saturated rings. The number of aromatic nitrogens is 2. The number of aromatic carboxylic acids is 1. The second-order valence-corrected chi connectivity index (χ2v) is 9.70. The third kappa shape index (κ3) is 4.67. The van der Waals surface area contributed by atoms with Crippen LogP contribution in [-0.4, -0.2) is 51.8 Å². The zero-order valence-corrected chi connectivity index (χ0v) is 19.0. The van der Waals surface area contributed by atoms with Crippen LogP contribution in [0.5, 0.6) is 0 Å². The number of aliphatic hydroxyl groups excluding tert-OH is 1. The number of pyridine rings is 1. The molecule has 31 heavy (non-hydrogen) atoms. The number of hydrogen-bond acceptors (Lipinski definition) is 9. The van der Waals surface area contributed by atoms with Gasteiger partial charge in [-0.15, -0.1) is 22.7 Å². The molecule has 4 heterocycles. The highest BCUT2D eigenvalue weighted by Crippen LogP contribution is 2.37. The molecule has 0 bridgehead atoms. The molecule has 0 aliphatic carbocycles. The van der Waals surface area contributed by atoms with E-state index < -0.39 is 12.1 Å². The van der Waals surface area contributed by atoms with E-state index in [4.69, 9.17) is 10.7 Å². The van der Waals surface area contributed by atoms with Crippen molar-refractivity contribution in [1.82, 2.24) is 15.3 Å². The Bertz CT molecular complexity index is 1050. The Balaban J connectivity index is 1.45. The minimum atomic E-state index is -1.00. The molecule has 1 atom stereocenters. The summed E-state index contributed by atoms with van der Waals surface area (Å²) in [5.74, 6) is -0.119. The number of carboxylic acid groups (broad SMARTS) is 1. The van der Waals surface area contributed by atoms with E-state index in [1.54, 1.807) is 6.20 Å². The number of aryl methyl sites for hydroxylation is 1. The highest BCUT2D eigenvalue weighted by atomic mass is 32.1. The summed E-state index contributed by atoms with van der Waals surface area (Å²) in [7, 11) is 0. The van der Waals surface area contributed by atoms with Crippen LogP contribution < -0.4 is 16.0 Å². The Morgan fingerprint density at radius 2 is 2.19 bits per heavy atom. The first-order valence-electron chi connectivity index (χ1n) is 10.5. The average Bonchev–Trinajstić information content (AvgIpc) is 3.41. The number of nitrogens with zero attached hydrogens (tertiary/aromatic N) is 3. The van der Waals surface area contributed by atoms with Crippen LogP contribution in [0.2, 0.25) is 0 Å². The van der Waals surface area contributed by atoms with Gasteiger partial charge >= 0.3 is 5.97 Å². The summed E-state index contributed by atoms with van der Waals surface area (Å²) >= 11 is 2.62. The fourth-order valence-corrected chi connectivity index (χ4v) is 5.65. The van der Waals surface area contributed by atoms with Gasteiger partial charge in [-0.2, -0.15) is 0 Å². The van der Waals surface area contributed by atoms with Gasteiger partial charge in [-0.25, -0.2) is 14.8 Å². The summed E-state index contributed by atoms with van der Waals surface area (Å²) in [6.07, 6.45) is 4.80. The lowest BCUT2D eigenvalue weighted by Gasteiger charge is -2.33. The number of nitrogen functional groups attached to an aromatic ring is 1. The maximum atomic E-state index is 11.5. The predicted octanol–water partition coefficient (Wildman–Crippen LogP) is 3.28. The maximum absolute atomic E-state index is 11.5. The maximum Gasteiger partial charge on any atom is 0.348 e. The summed E-state index contributed by atoms with van der Waals surface area (Å²) in [5.41, 5.74) is 7.55. The molecule has 0 spiro atoms. The number of hydrogen-bond donors (Lipinski definition) is 4. The van der Waals surface area contributed by atoms with E-state index in [-0.39, 0.29) is 4.88 Å². The molecule has 0 aromatic carbocycles. The molecule has 1 aliphatic heterocycles. The van der Waals surface area contributed by atoms with Crippen molar-refractivity contribution in [2.24, 2.45) is 0 Å². The summed E-state index contributed by atoms with van der Waals surface area (Å²) in [6, 6.07) is 2.40. The first-order chi connectivity index (χ1) is 15.0. The average molecular weight is 462 g/mol. The van der Waals surface area contributed by atoms with Gasteiger partial charge in [0.25, 0.3) is 0 Å². The Hall–Kier alpha value is -2.27. The number of carbonyl (C=O) groups is 1. The Morgan fingerprint density at radius 1 is 1.42 bits per heavy atom. The van der Waals surface area contributed by atoms with E-state index in [1.165, 1.54) is 11.3 Å². The SMILES string of the molecule is CCCc1cc(N2CCC(NCC(O)c3nccs3)CC2)nc2sc(C(=O)O)c(N)c12. The van der Waals surface area contributed by atoms with Gasteiger partial charge in [0.15, 0.2) is 0 Å². The molecule has 0 amide bonds. The van der Waals surface area contributed by atoms with Crippen molar-refractivity contribution in [1.29, 1.82) is 0 Å². The van der Waals surface area contributed by atoms with Crippen molar-refractivity contribution >= 4 is 50.4 Å². The van der Waals surface area contributed by atoms with Crippen molar-refractivity contribution in [2.75, 3.05) is 30.3 Å². The molecular weight excluding hydrogens is 434 g/mol. The summed E-state index contributed by atoms with van der Waals surface area (Å²) in [6.45, 7) is 4.29. The van der Waals surface area contributed by atoms with Crippen molar-refractivity contribution < 1.29 is 15.0 Å². The van der Waals surface area contributed by atoms with Gasteiger partial charge in [-0.05, 0) is 30.9 Å². The number of thiophene rings is 1. The first kappa shape index (κ1) is 21.9. The molecular formula is C21H27N5O3S2. The van der Waals surface area contributed by atoms with Crippen LogP contribution >= 0.6 is 22.7 Å². The zero-order chi connectivity index (χ0) is 22.0. The lowest BCUT2D eigenvalue weighted by molar-refractivity contribution is 0.0703. The van der Waals surface area contributed by atoms with Gasteiger partial charge in [0, 0.05) is 42.6 Å². The quantitative estimate of drug-likeness (QED) is 0.403. The Kier molecular flexibility index (Phi) is 6.71. The van der Waals surface area contributed by atoms with E-state index >= 15 is 0 Å². The Labute approximate surface area is 188 Å². The molecule has 8 nitrogen and oxygen atoms in total. The number of carboxylic acids is 1. The standard InChI is InChI=1S/C21H27N5O3S2/c1-2-3-12-10-15(25-20-16(12)17(22)18(31-20)21(28)29)26-7-4-13(5-8-26)24-11-14(27)19-23-6-9-30-19/h6,9-10,13-14,24,27H,2-5,7-8,11,22H2,1H3,(H,28,29). The third-order valence-electron chi connectivity index (χ3n) is 5.64. The van der Waals surface area contributed by atoms with Crippen LogP contribution in [0, 0.1) is 0 Å². The lowest BCUT2D eigenvalue weighted by Crippen LogP contribution is -2.44. The normalized spacial score (nSPS) is 16.1. The minimum absolute atomic E-state index is 0.165. The van der Waals surface area contributed by atoms with Crippen LogP contribution in [0.15, 0.2) is 17.6 Å². The van der Waals surface area contributed by atoms with E-state index in [0.717, 1.165) is 71.9 Å². The van der Waals surface area contributed by atoms with Crippen molar-refractivity contribution in [3.63, 3.8) is 0 Å². The van der Waals surface area contributed by atoms with Gasteiger partial charge in [0.2, 0.25) is 0 Å². The third-order valence-corrected chi connectivity index (χ3v) is 7.60. The molecule has 3 aromatic heterocycles. The molecule has 1 unspecified atom stereocenters. The van der Waals surface area contributed by atoms with Gasteiger partial charge in [0.1, 0.15) is 26.6 Å². The lowest BCUT2D eigenvalue weighted by atomic mass is 10.0. The largest absolute Gasteiger partial charge is 0.477 e. The molecule has 0 radical (unpaired) electrons. The number of thiazole rings is 1. The molecule has 0 saturated carbocycles. The number of nitrogens with one attached hydrogen (secondary N) is 1. The van der Waals surface area contributed by atoms with E-state index in [1.807, 2.05) is 5.38 Å². The van der Waals surface area contributed by atoms with E-state index in [0.29, 0.717) is 23.1 Å². The summed E-state index contributed by atoms with van der Waals surface area (Å²) in [5, 5.41) is 26.5. The fraction of sp³-hybridized carbons (Fsp3) is 0.476. The molecule has 166 valence electrons. The van der Waals surface area contributed by atoms with E-state index in [9.17, 15) is 15.0 Å². The Morgan fingerprint density at radius 3 is 2.84 bits per heavy atom. The van der Waals surface area contributed by atoms with Gasteiger partial charge in [-0.3, -0.25) is 0 Å². The molecule has 10 heteroatoms. The molecule has 1 saturated heterocycles. The van der Waals surface area contributed by atoms with Crippen LogP contribution in [0.25, 0.3) is 10.2 Å².